The van der Waals surface area contributed by atoms with Crippen LogP contribution in [0.1, 0.15) is 35.4 Å². The molecule has 3 aliphatic heterocycles. The van der Waals surface area contributed by atoms with E-state index in [9.17, 15) is 0 Å². The first-order chi connectivity index (χ1) is 15.3. The Kier molecular flexibility index (Phi) is 5.86. The molecule has 3 saturated heterocycles. The number of nitrogens with zero attached hydrogens (tertiary/aromatic N) is 2. The van der Waals surface area contributed by atoms with Gasteiger partial charge in [0.15, 0.2) is 0 Å². The lowest BCUT2D eigenvalue weighted by molar-refractivity contribution is 0.135. The molecule has 1 unspecified atom stereocenters. The van der Waals surface area contributed by atoms with Crippen molar-refractivity contribution in [1.82, 2.24) is 4.90 Å². The summed E-state index contributed by atoms with van der Waals surface area (Å²) >= 11 is 0. The second-order valence-electron chi connectivity index (χ2n) is 8.61. The second-order valence-corrected chi connectivity index (χ2v) is 8.61. The molecule has 3 aliphatic rings. The molecule has 3 fully saturated rings. The number of aliphatic imine (C=N–C) groups is 1. The van der Waals surface area contributed by atoms with Gasteiger partial charge in [-0.05, 0) is 43.1 Å². The van der Waals surface area contributed by atoms with Crippen molar-refractivity contribution in [2.24, 2.45) is 10.9 Å². The predicted molar refractivity (Wildman–Crippen MR) is 127 cm³/mol. The summed E-state index contributed by atoms with van der Waals surface area (Å²) in [5, 5.41) is 0. The minimum atomic E-state index is 0.293. The number of hydrogen-bond donors (Lipinski definition) is 0. The van der Waals surface area contributed by atoms with E-state index in [-0.39, 0.29) is 0 Å². The summed E-state index contributed by atoms with van der Waals surface area (Å²) in [5.74, 6) is 1.80. The van der Waals surface area contributed by atoms with E-state index in [1.165, 1.54) is 42.8 Å². The van der Waals surface area contributed by atoms with E-state index in [4.69, 9.17) is 9.73 Å². The zero-order chi connectivity index (χ0) is 21.0. The first-order valence-corrected chi connectivity index (χ1v) is 11.3. The average molecular weight is 411 g/mol. The van der Waals surface area contributed by atoms with Crippen molar-refractivity contribution in [3.05, 3.63) is 102 Å². The summed E-state index contributed by atoms with van der Waals surface area (Å²) in [4.78, 5) is 7.97. The number of methoxy groups -OCH3 is 1. The highest BCUT2D eigenvalue weighted by Crippen LogP contribution is 2.40. The van der Waals surface area contributed by atoms with Crippen LogP contribution in [0.15, 0.2) is 89.9 Å². The molecule has 1 atom stereocenters. The van der Waals surface area contributed by atoms with Crippen LogP contribution in [0.5, 0.6) is 5.75 Å². The van der Waals surface area contributed by atoms with Crippen LogP contribution in [0.2, 0.25) is 0 Å². The van der Waals surface area contributed by atoms with Crippen LogP contribution in [-0.4, -0.2) is 36.9 Å². The van der Waals surface area contributed by atoms with Crippen molar-refractivity contribution in [1.29, 1.82) is 0 Å². The number of rotatable bonds is 6. The largest absolute Gasteiger partial charge is 0.496 e. The zero-order valence-corrected chi connectivity index (χ0v) is 18.2. The van der Waals surface area contributed by atoms with Crippen molar-refractivity contribution in [3.63, 3.8) is 0 Å². The van der Waals surface area contributed by atoms with E-state index in [0.717, 1.165) is 11.3 Å². The third-order valence-corrected chi connectivity index (χ3v) is 6.90. The van der Waals surface area contributed by atoms with Gasteiger partial charge in [0.25, 0.3) is 0 Å². The van der Waals surface area contributed by atoms with Crippen LogP contribution in [0.4, 0.5) is 0 Å². The summed E-state index contributed by atoms with van der Waals surface area (Å²) in [6.07, 6.45) is 2.44. The fourth-order valence-corrected chi connectivity index (χ4v) is 5.39. The minimum Gasteiger partial charge on any atom is -0.496 e. The Morgan fingerprint density at radius 2 is 1.42 bits per heavy atom. The van der Waals surface area contributed by atoms with Gasteiger partial charge in [0.1, 0.15) is 5.75 Å². The van der Waals surface area contributed by atoms with Gasteiger partial charge in [-0.25, -0.2) is 0 Å². The van der Waals surface area contributed by atoms with Crippen molar-refractivity contribution < 1.29 is 4.74 Å². The van der Waals surface area contributed by atoms with E-state index >= 15 is 0 Å². The van der Waals surface area contributed by atoms with Crippen molar-refractivity contribution in [2.45, 2.75) is 31.3 Å². The van der Waals surface area contributed by atoms with Gasteiger partial charge in [-0.15, -0.1) is 0 Å². The van der Waals surface area contributed by atoms with Gasteiger partial charge < -0.3 is 4.74 Å². The van der Waals surface area contributed by atoms with E-state index in [1.54, 1.807) is 7.11 Å². The highest BCUT2D eigenvalue weighted by atomic mass is 16.5. The maximum atomic E-state index is 5.58. The zero-order valence-electron chi connectivity index (χ0n) is 18.2. The Balaban J connectivity index is 1.56. The summed E-state index contributed by atoms with van der Waals surface area (Å²) in [7, 11) is 1.74. The van der Waals surface area contributed by atoms with Crippen LogP contribution in [0, 0.1) is 5.92 Å². The molecule has 158 valence electrons. The smallest absolute Gasteiger partial charge is 0.123 e. The molecule has 0 spiro atoms. The molecule has 0 aromatic heterocycles. The van der Waals surface area contributed by atoms with Gasteiger partial charge in [-0.1, -0.05) is 78.9 Å². The van der Waals surface area contributed by atoms with E-state index in [2.05, 4.69) is 77.7 Å². The lowest BCUT2D eigenvalue weighted by atomic mass is 9.72. The van der Waals surface area contributed by atoms with Crippen LogP contribution >= 0.6 is 0 Å². The number of benzene rings is 3. The molecule has 0 aliphatic carbocycles. The molecule has 2 bridgehead atoms. The summed E-state index contributed by atoms with van der Waals surface area (Å²) in [6.45, 7) is 3.01. The third kappa shape index (κ3) is 4.03. The molecule has 31 heavy (non-hydrogen) atoms. The average Bonchev–Trinajstić information content (AvgIpc) is 2.85. The quantitative estimate of drug-likeness (QED) is 0.531. The number of piperidine rings is 3. The molecule has 3 nitrogen and oxygen atoms in total. The number of fused-ring (bicyclic) bond motifs is 3. The number of para-hydroxylation sites is 1. The molecular formula is C28H30N2O. The normalized spacial score (nSPS) is 23.9. The third-order valence-electron chi connectivity index (χ3n) is 6.90. The molecule has 0 saturated carbocycles. The van der Waals surface area contributed by atoms with Crippen molar-refractivity contribution >= 4 is 5.71 Å². The molecule has 6 rings (SSSR count). The summed E-state index contributed by atoms with van der Waals surface area (Å²) in [5.41, 5.74) is 5.28. The molecule has 3 heterocycles. The van der Waals surface area contributed by atoms with Gasteiger partial charge in [0, 0.05) is 23.1 Å². The molecule has 0 N–H and O–H groups in total. The molecule has 0 radical (unpaired) electrons. The fraction of sp³-hybridized carbons (Fsp3) is 0.321. The second kappa shape index (κ2) is 9.07. The first-order valence-electron chi connectivity index (χ1n) is 11.3. The molecule has 3 aromatic carbocycles. The van der Waals surface area contributed by atoms with Gasteiger partial charge in [-0.3, -0.25) is 9.89 Å². The van der Waals surface area contributed by atoms with Crippen LogP contribution in [0.25, 0.3) is 0 Å². The fourth-order valence-electron chi connectivity index (χ4n) is 5.39. The monoisotopic (exact) mass is 410 g/mol. The Labute approximate surface area is 185 Å². The maximum absolute atomic E-state index is 5.58. The Hall–Kier alpha value is -2.91. The Bertz CT molecular complexity index is 984. The van der Waals surface area contributed by atoms with Crippen LogP contribution in [-0.2, 0) is 6.54 Å². The SMILES string of the molecule is COc1ccccc1C/N=C1\C2CCN(CC2)C1C(c1ccccc1)c1ccccc1. The van der Waals surface area contributed by atoms with Gasteiger partial charge in [0.2, 0.25) is 0 Å². The lowest BCUT2D eigenvalue weighted by Gasteiger charge is -2.49. The topological polar surface area (TPSA) is 24.8 Å². The standard InChI is InChI=1S/C28H30N2O/c1-31-25-15-9-8-14-24(25)20-29-27-23-16-18-30(19-17-23)28(27)26(21-10-4-2-5-11-21)22-12-6-3-7-13-22/h2-15,23,26,28H,16-20H2,1H3/b29-27+. The molecular weight excluding hydrogens is 380 g/mol. The van der Waals surface area contributed by atoms with Gasteiger partial charge in [0.05, 0.1) is 19.7 Å². The highest BCUT2D eigenvalue weighted by molar-refractivity contribution is 5.94. The van der Waals surface area contributed by atoms with Crippen molar-refractivity contribution in [2.75, 3.05) is 20.2 Å². The summed E-state index contributed by atoms with van der Waals surface area (Å²) < 4.78 is 5.58. The lowest BCUT2D eigenvalue weighted by Crippen LogP contribution is -2.58. The number of hydrogen-bond acceptors (Lipinski definition) is 3. The van der Waals surface area contributed by atoms with Crippen LogP contribution < -0.4 is 4.74 Å². The van der Waals surface area contributed by atoms with Crippen LogP contribution in [0.3, 0.4) is 0 Å². The minimum absolute atomic E-state index is 0.293. The van der Waals surface area contributed by atoms with E-state index < -0.39 is 0 Å². The van der Waals surface area contributed by atoms with E-state index in [0.29, 0.717) is 24.4 Å². The molecule has 0 amide bonds. The highest BCUT2D eigenvalue weighted by Gasteiger charge is 2.43. The molecule has 3 heteroatoms. The maximum Gasteiger partial charge on any atom is 0.123 e. The predicted octanol–water partition coefficient (Wildman–Crippen LogP) is 5.56. The number of ether oxygens (including phenoxy) is 1. The Morgan fingerprint density at radius 1 is 0.839 bits per heavy atom. The first kappa shape index (κ1) is 20.0. The molecule has 3 aromatic rings. The summed E-state index contributed by atoms with van der Waals surface area (Å²) in [6, 6.07) is 30.5. The van der Waals surface area contributed by atoms with Gasteiger partial charge in [-0.2, -0.15) is 0 Å². The van der Waals surface area contributed by atoms with Crippen molar-refractivity contribution in [3.8, 4) is 5.75 Å². The van der Waals surface area contributed by atoms with E-state index in [1.807, 2.05) is 12.1 Å². The Morgan fingerprint density at radius 3 is 2.03 bits per heavy atom. The van der Waals surface area contributed by atoms with Gasteiger partial charge >= 0.3 is 0 Å².